The number of benzene rings is 2. The highest BCUT2D eigenvalue weighted by molar-refractivity contribution is 6.07. The Hall–Kier alpha value is -2.73. The van der Waals surface area contributed by atoms with Crippen molar-refractivity contribution in [3.8, 4) is 0 Å². The lowest BCUT2D eigenvalue weighted by atomic mass is 9.90. The lowest BCUT2D eigenvalue weighted by Crippen LogP contribution is -2.41. The molecule has 2 aromatic carbocycles. The molecule has 0 aromatic heterocycles. The summed E-state index contributed by atoms with van der Waals surface area (Å²) in [5.74, 6) is -0.572. The predicted octanol–water partition coefficient (Wildman–Crippen LogP) is 3.45. The third-order valence-electron chi connectivity index (χ3n) is 5.02. The number of nitrogens with zero attached hydrogens (tertiary/aromatic N) is 1. The molecule has 0 radical (unpaired) electrons. The monoisotopic (exact) mass is 370 g/mol. The van der Waals surface area contributed by atoms with Gasteiger partial charge in [-0.1, -0.05) is 50.2 Å². The number of amides is 3. The fourth-order valence-corrected chi connectivity index (χ4v) is 3.25. The number of β-amino-alcohol motifs (C(OH)–C–C–N with tert-alkyl or cyclic N) is 1. The van der Waals surface area contributed by atoms with Gasteiger partial charge in [0.05, 0.1) is 12.6 Å². The standard InChI is InChI=1S/C21H23FN2O3/c1-13(2)14-7-9-16(10-8-14)21(3)19(26)24(20(27)23-21)12-18(25)15-5-4-6-17(22)11-15/h4-11,13,18,25H,12H2,1-3H3,(H,23,27). The van der Waals surface area contributed by atoms with E-state index in [0.29, 0.717) is 17.0 Å². The molecule has 142 valence electrons. The van der Waals surface area contributed by atoms with Crippen molar-refractivity contribution in [1.29, 1.82) is 0 Å². The van der Waals surface area contributed by atoms with Gasteiger partial charge in [0, 0.05) is 0 Å². The second-order valence-corrected chi connectivity index (χ2v) is 7.32. The Kier molecular flexibility index (Phi) is 5.02. The number of hydrogen-bond donors (Lipinski definition) is 2. The Morgan fingerprint density at radius 3 is 2.37 bits per heavy atom. The maximum absolute atomic E-state index is 13.4. The minimum absolute atomic E-state index is 0.242. The van der Waals surface area contributed by atoms with E-state index in [9.17, 15) is 19.1 Å². The molecule has 3 amide bonds. The van der Waals surface area contributed by atoms with Crippen LogP contribution in [0.4, 0.5) is 9.18 Å². The van der Waals surface area contributed by atoms with E-state index in [2.05, 4.69) is 19.2 Å². The fraction of sp³-hybridized carbons (Fsp3) is 0.333. The van der Waals surface area contributed by atoms with Gasteiger partial charge in [0.25, 0.3) is 5.91 Å². The molecule has 0 saturated carbocycles. The number of rotatable bonds is 5. The van der Waals surface area contributed by atoms with Crippen LogP contribution in [-0.4, -0.2) is 28.5 Å². The molecular formula is C21H23FN2O3. The summed E-state index contributed by atoms with van der Waals surface area (Å²) in [5.41, 5.74) is 0.921. The smallest absolute Gasteiger partial charge is 0.325 e. The molecule has 6 heteroatoms. The second-order valence-electron chi connectivity index (χ2n) is 7.32. The van der Waals surface area contributed by atoms with Crippen molar-refractivity contribution in [2.24, 2.45) is 0 Å². The van der Waals surface area contributed by atoms with E-state index in [1.807, 2.05) is 24.3 Å². The van der Waals surface area contributed by atoms with E-state index in [4.69, 9.17) is 0 Å². The van der Waals surface area contributed by atoms with Crippen LogP contribution in [0, 0.1) is 5.82 Å². The van der Waals surface area contributed by atoms with Crippen molar-refractivity contribution in [3.63, 3.8) is 0 Å². The summed E-state index contributed by atoms with van der Waals surface area (Å²) < 4.78 is 13.4. The number of urea groups is 1. The summed E-state index contributed by atoms with van der Waals surface area (Å²) in [6, 6.07) is 12.4. The molecule has 2 unspecified atom stereocenters. The van der Waals surface area contributed by atoms with Crippen molar-refractivity contribution in [3.05, 3.63) is 71.0 Å². The molecule has 3 rings (SSSR count). The molecule has 0 spiro atoms. The molecule has 1 aliphatic rings. The maximum Gasteiger partial charge on any atom is 0.325 e. The van der Waals surface area contributed by atoms with Gasteiger partial charge in [0.1, 0.15) is 11.4 Å². The van der Waals surface area contributed by atoms with Gasteiger partial charge < -0.3 is 10.4 Å². The molecule has 1 heterocycles. The summed E-state index contributed by atoms with van der Waals surface area (Å²) in [6.45, 7) is 5.56. The van der Waals surface area contributed by atoms with Crippen molar-refractivity contribution in [1.82, 2.24) is 10.2 Å². The number of aliphatic hydroxyl groups excluding tert-OH is 1. The predicted molar refractivity (Wildman–Crippen MR) is 99.5 cm³/mol. The average molecular weight is 370 g/mol. The van der Waals surface area contributed by atoms with E-state index >= 15 is 0 Å². The third kappa shape index (κ3) is 3.57. The lowest BCUT2D eigenvalue weighted by Gasteiger charge is -2.23. The molecule has 0 aliphatic carbocycles. The molecule has 1 aliphatic heterocycles. The first-order valence-electron chi connectivity index (χ1n) is 8.90. The van der Waals surface area contributed by atoms with Gasteiger partial charge in [-0.3, -0.25) is 9.69 Å². The highest BCUT2D eigenvalue weighted by Crippen LogP contribution is 2.31. The van der Waals surface area contributed by atoms with Gasteiger partial charge in [0.15, 0.2) is 0 Å². The quantitative estimate of drug-likeness (QED) is 0.792. The summed E-state index contributed by atoms with van der Waals surface area (Å²) in [6.07, 6.45) is -1.17. The SMILES string of the molecule is CC(C)c1ccc(C2(C)NC(=O)N(CC(O)c3cccc(F)c3)C2=O)cc1. The third-order valence-corrected chi connectivity index (χ3v) is 5.02. The normalized spacial score (nSPS) is 20.9. The van der Waals surface area contributed by atoms with Gasteiger partial charge in [-0.25, -0.2) is 9.18 Å². The van der Waals surface area contributed by atoms with E-state index < -0.39 is 29.4 Å². The van der Waals surface area contributed by atoms with Crippen LogP contribution in [0.2, 0.25) is 0 Å². The molecule has 2 atom stereocenters. The summed E-state index contributed by atoms with van der Waals surface area (Å²) >= 11 is 0. The first kappa shape index (κ1) is 19.0. The van der Waals surface area contributed by atoms with Crippen molar-refractivity contribution in [2.45, 2.75) is 38.3 Å². The van der Waals surface area contributed by atoms with Crippen molar-refractivity contribution >= 4 is 11.9 Å². The Bertz CT molecular complexity index is 866. The van der Waals surface area contributed by atoms with Crippen LogP contribution >= 0.6 is 0 Å². The molecular weight excluding hydrogens is 347 g/mol. The van der Waals surface area contributed by atoms with E-state index in [0.717, 1.165) is 10.5 Å². The zero-order valence-corrected chi connectivity index (χ0v) is 15.6. The van der Waals surface area contributed by atoms with E-state index in [1.165, 1.54) is 18.2 Å². The summed E-state index contributed by atoms with van der Waals surface area (Å²) in [7, 11) is 0. The van der Waals surface area contributed by atoms with Crippen LogP contribution in [0.1, 0.15) is 49.5 Å². The van der Waals surface area contributed by atoms with E-state index in [-0.39, 0.29) is 6.54 Å². The number of hydrogen-bond acceptors (Lipinski definition) is 3. The summed E-state index contributed by atoms with van der Waals surface area (Å²) in [4.78, 5) is 26.3. The number of carbonyl (C=O) groups is 2. The summed E-state index contributed by atoms with van der Waals surface area (Å²) in [5, 5.41) is 13.1. The minimum Gasteiger partial charge on any atom is -0.387 e. The zero-order chi connectivity index (χ0) is 19.8. The number of halogens is 1. The Labute approximate surface area is 157 Å². The van der Waals surface area contributed by atoms with Gasteiger partial charge in [-0.15, -0.1) is 0 Å². The molecule has 1 saturated heterocycles. The second kappa shape index (κ2) is 7.12. The lowest BCUT2D eigenvalue weighted by molar-refractivity contribution is -0.132. The first-order chi connectivity index (χ1) is 12.7. The topological polar surface area (TPSA) is 69.6 Å². The van der Waals surface area contributed by atoms with Crippen LogP contribution in [0.5, 0.6) is 0 Å². The maximum atomic E-state index is 13.4. The van der Waals surface area contributed by atoms with Crippen molar-refractivity contribution < 1.29 is 19.1 Å². The molecule has 27 heavy (non-hydrogen) atoms. The molecule has 2 aromatic rings. The number of carbonyl (C=O) groups excluding carboxylic acids is 2. The Morgan fingerprint density at radius 1 is 1.11 bits per heavy atom. The van der Waals surface area contributed by atoms with Crippen molar-refractivity contribution in [2.75, 3.05) is 6.54 Å². The minimum atomic E-state index is -1.20. The molecule has 2 N–H and O–H groups in total. The highest BCUT2D eigenvalue weighted by atomic mass is 19.1. The van der Waals surface area contributed by atoms with Gasteiger partial charge in [-0.2, -0.15) is 0 Å². The van der Waals surface area contributed by atoms with Gasteiger partial charge >= 0.3 is 6.03 Å². The van der Waals surface area contributed by atoms with Gasteiger partial charge in [-0.05, 0) is 41.7 Å². The Morgan fingerprint density at radius 2 is 1.78 bits per heavy atom. The largest absolute Gasteiger partial charge is 0.387 e. The van der Waals surface area contributed by atoms with Crippen LogP contribution in [-0.2, 0) is 10.3 Å². The average Bonchev–Trinajstić information content (AvgIpc) is 2.86. The molecule has 1 fully saturated rings. The molecule has 0 bridgehead atoms. The van der Waals surface area contributed by atoms with E-state index in [1.54, 1.807) is 13.0 Å². The number of aliphatic hydroxyl groups is 1. The number of imide groups is 1. The van der Waals surface area contributed by atoms with Crippen LogP contribution in [0.25, 0.3) is 0 Å². The van der Waals surface area contributed by atoms with Crippen LogP contribution in [0.15, 0.2) is 48.5 Å². The Balaban J connectivity index is 1.81. The van der Waals surface area contributed by atoms with Crippen LogP contribution in [0.3, 0.4) is 0 Å². The first-order valence-corrected chi connectivity index (χ1v) is 8.90. The highest BCUT2D eigenvalue weighted by Gasteiger charge is 2.49. The zero-order valence-electron chi connectivity index (χ0n) is 15.6. The van der Waals surface area contributed by atoms with Gasteiger partial charge in [0.2, 0.25) is 0 Å². The van der Waals surface area contributed by atoms with Crippen LogP contribution < -0.4 is 5.32 Å². The molecule has 5 nitrogen and oxygen atoms in total. The number of nitrogens with one attached hydrogen (secondary N) is 1. The fourth-order valence-electron chi connectivity index (χ4n) is 3.25.